The zero-order valence-corrected chi connectivity index (χ0v) is 13.9. The van der Waals surface area contributed by atoms with Crippen LogP contribution in [-0.2, 0) is 0 Å². The van der Waals surface area contributed by atoms with Gasteiger partial charge in [-0.3, -0.25) is 4.79 Å². The molecule has 0 aliphatic carbocycles. The monoisotopic (exact) mass is 328 g/mol. The number of pyridine rings is 1. The van der Waals surface area contributed by atoms with Gasteiger partial charge in [-0.2, -0.15) is 0 Å². The van der Waals surface area contributed by atoms with Crippen molar-refractivity contribution >= 4 is 17.4 Å². The fourth-order valence-electron chi connectivity index (χ4n) is 2.98. The lowest BCUT2D eigenvalue weighted by Crippen LogP contribution is -2.52. The number of rotatable bonds is 3. The Morgan fingerprint density at radius 3 is 2.88 bits per heavy atom. The van der Waals surface area contributed by atoms with E-state index in [9.17, 15) is 9.18 Å². The van der Waals surface area contributed by atoms with E-state index >= 15 is 0 Å². The van der Waals surface area contributed by atoms with Gasteiger partial charge < -0.3 is 15.1 Å². The zero-order chi connectivity index (χ0) is 17.1. The number of carbonyl (C=O) groups excluding carboxylic acids is 1. The van der Waals surface area contributed by atoms with Gasteiger partial charge in [0.05, 0.1) is 5.56 Å². The number of benzene rings is 1. The summed E-state index contributed by atoms with van der Waals surface area (Å²) >= 11 is 0. The van der Waals surface area contributed by atoms with Gasteiger partial charge >= 0.3 is 0 Å². The molecule has 1 atom stereocenters. The molecule has 0 saturated carbocycles. The highest BCUT2D eigenvalue weighted by atomic mass is 19.1. The van der Waals surface area contributed by atoms with E-state index in [1.54, 1.807) is 30.5 Å². The molecule has 1 aromatic heterocycles. The third-order valence-corrected chi connectivity index (χ3v) is 4.22. The van der Waals surface area contributed by atoms with Crippen molar-refractivity contribution in [2.24, 2.45) is 0 Å². The summed E-state index contributed by atoms with van der Waals surface area (Å²) < 4.78 is 13.4. The number of carbonyl (C=O) groups is 1. The van der Waals surface area contributed by atoms with Gasteiger partial charge in [0.25, 0.3) is 5.91 Å². The first kappa shape index (κ1) is 16.4. The third-order valence-electron chi connectivity index (χ3n) is 4.22. The number of halogens is 1. The second kappa shape index (κ2) is 6.97. The Morgan fingerprint density at radius 1 is 1.29 bits per heavy atom. The Labute approximate surface area is 141 Å². The van der Waals surface area contributed by atoms with Crippen molar-refractivity contribution in [2.75, 3.05) is 32.0 Å². The lowest BCUT2D eigenvalue weighted by Gasteiger charge is -2.38. The van der Waals surface area contributed by atoms with Gasteiger partial charge in [0.1, 0.15) is 11.6 Å². The van der Waals surface area contributed by atoms with Crippen molar-refractivity contribution in [1.82, 2.24) is 14.8 Å². The second-order valence-corrected chi connectivity index (χ2v) is 6.14. The Kier molecular flexibility index (Phi) is 4.76. The average Bonchev–Trinajstić information content (AvgIpc) is 2.55. The Morgan fingerprint density at radius 2 is 2.12 bits per heavy atom. The number of aromatic nitrogens is 1. The van der Waals surface area contributed by atoms with E-state index in [0.29, 0.717) is 23.6 Å². The van der Waals surface area contributed by atoms with Crippen LogP contribution in [-0.4, -0.2) is 53.4 Å². The molecular weight excluding hydrogens is 307 g/mol. The largest absolute Gasteiger partial charge is 0.339 e. The lowest BCUT2D eigenvalue weighted by molar-refractivity contribution is 0.0534. The fraction of sp³-hybridized carbons (Fsp3) is 0.333. The normalized spacial score (nSPS) is 18.5. The van der Waals surface area contributed by atoms with Gasteiger partial charge in [0.2, 0.25) is 0 Å². The molecule has 1 fully saturated rings. The maximum absolute atomic E-state index is 13.4. The summed E-state index contributed by atoms with van der Waals surface area (Å²) in [6.07, 6.45) is 1.62. The molecule has 1 saturated heterocycles. The van der Waals surface area contributed by atoms with Crippen molar-refractivity contribution in [1.29, 1.82) is 0 Å². The van der Waals surface area contributed by atoms with Gasteiger partial charge in [-0.1, -0.05) is 6.07 Å². The highest BCUT2D eigenvalue weighted by Gasteiger charge is 2.28. The molecule has 2 aromatic rings. The first-order chi connectivity index (χ1) is 11.5. The Bertz CT molecular complexity index is 736. The van der Waals surface area contributed by atoms with E-state index < -0.39 is 0 Å². The molecule has 1 amide bonds. The van der Waals surface area contributed by atoms with E-state index in [0.717, 1.165) is 13.1 Å². The Balaban J connectivity index is 1.85. The summed E-state index contributed by atoms with van der Waals surface area (Å²) in [4.78, 5) is 21.3. The summed E-state index contributed by atoms with van der Waals surface area (Å²) in [6.45, 7) is 4.43. The molecule has 24 heavy (non-hydrogen) atoms. The quantitative estimate of drug-likeness (QED) is 0.941. The van der Waals surface area contributed by atoms with Crippen LogP contribution in [0.2, 0.25) is 0 Å². The van der Waals surface area contributed by atoms with Crippen molar-refractivity contribution in [3.8, 4) is 0 Å². The molecule has 0 bridgehead atoms. The molecule has 1 aromatic carbocycles. The van der Waals surface area contributed by atoms with Crippen molar-refractivity contribution in [3.05, 3.63) is 54.0 Å². The maximum atomic E-state index is 13.4. The summed E-state index contributed by atoms with van der Waals surface area (Å²) in [5, 5.41) is 3.05. The van der Waals surface area contributed by atoms with Gasteiger partial charge in [-0.05, 0) is 44.3 Å². The lowest BCUT2D eigenvalue weighted by atomic mass is 10.1. The van der Waals surface area contributed by atoms with E-state index in [4.69, 9.17) is 0 Å². The first-order valence-electron chi connectivity index (χ1n) is 8.01. The summed E-state index contributed by atoms with van der Waals surface area (Å²) in [5.41, 5.74) is 1.06. The number of hydrogen-bond donors (Lipinski definition) is 1. The maximum Gasteiger partial charge on any atom is 0.257 e. The SMILES string of the molecule is CC1CN(C)CCN1C(=O)c1cccnc1Nc1cccc(F)c1. The van der Waals surface area contributed by atoms with Gasteiger partial charge in [0, 0.05) is 37.6 Å². The number of piperazine rings is 1. The topological polar surface area (TPSA) is 48.5 Å². The average molecular weight is 328 g/mol. The molecule has 3 rings (SSSR count). The van der Waals surface area contributed by atoms with E-state index in [-0.39, 0.29) is 17.8 Å². The molecule has 2 heterocycles. The minimum Gasteiger partial charge on any atom is -0.339 e. The number of amides is 1. The molecule has 1 unspecified atom stereocenters. The standard InChI is InChI=1S/C18H21FN4O/c1-13-12-22(2)9-10-23(13)18(24)16-7-4-8-20-17(16)21-15-6-3-5-14(19)11-15/h3-8,11,13H,9-10,12H2,1-2H3,(H,20,21). The molecule has 126 valence electrons. The van der Waals surface area contributed by atoms with Crippen LogP contribution in [0.1, 0.15) is 17.3 Å². The molecule has 1 aliphatic heterocycles. The molecule has 1 aliphatic rings. The first-order valence-corrected chi connectivity index (χ1v) is 8.01. The van der Waals surface area contributed by atoms with Crippen LogP contribution >= 0.6 is 0 Å². The summed E-state index contributed by atoms with van der Waals surface area (Å²) in [5.74, 6) is 0.0540. The van der Waals surface area contributed by atoms with Crippen LogP contribution in [0.3, 0.4) is 0 Å². The number of nitrogens with zero attached hydrogens (tertiary/aromatic N) is 3. The molecular formula is C18H21FN4O. The van der Waals surface area contributed by atoms with Gasteiger partial charge in [-0.25, -0.2) is 9.37 Å². The predicted molar refractivity (Wildman–Crippen MR) is 91.9 cm³/mol. The van der Waals surface area contributed by atoms with Crippen LogP contribution < -0.4 is 5.32 Å². The molecule has 0 radical (unpaired) electrons. The minimum atomic E-state index is -0.337. The van der Waals surface area contributed by atoms with E-state index in [1.807, 2.05) is 11.8 Å². The van der Waals surface area contributed by atoms with Crippen LogP contribution in [0.4, 0.5) is 15.9 Å². The van der Waals surface area contributed by atoms with E-state index in [1.165, 1.54) is 12.1 Å². The van der Waals surface area contributed by atoms with Crippen LogP contribution in [0.15, 0.2) is 42.6 Å². The third kappa shape index (κ3) is 3.54. The predicted octanol–water partition coefficient (Wildman–Crippen LogP) is 2.74. The Hall–Kier alpha value is -2.47. The summed E-state index contributed by atoms with van der Waals surface area (Å²) in [6, 6.07) is 9.74. The van der Waals surface area contributed by atoms with Crippen molar-refractivity contribution in [3.63, 3.8) is 0 Å². The van der Waals surface area contributed by atoms with Gasteiger partial charge in [-0.15, -0.1) is 0 Å². The molecule has 6 heteroatoms. The van der Waals surface area contributed by atoms with Crippen LogP contribution in [0, 0.1) is 5.82 Å². The number of hydrogen-bond acceptors (Lipinski definition) is 4. The second-order valence-electron chi connectivity index (χ2n) is 6.14. The van der Waals surface area contributed by atoms with Crippen LogP contribution in [0.5, 0.6) is 0 Å². The number of likely N-dealkylation sites (N-methyl/N-ethyl adjacent to an activating group) is 1. The van der Waals surface area contributed by atoms with Crippen molar-refractivity contribution in [2.45, 2.75) is 13.0 Å². The molecule has 5 nitrogen and oxygen atoms in total. The van der Waals surface area contributed by atoms with E-state index in [2.05, 4.69) is 22.2 Å². The number of nitrogens with one attached hydrogen (secondary N) is 1. The zero-order valence-electron chi connectivity index (χ0n) is 13.9. The molecule has 1 N–H and O–H groups in total. The number of anilines is 2. The highest BCUT2D eigenvalue weighted by Crippen LogP contribution is 2.22. The summed E-state index contributed by atoms with van der Waals surface area (Å²) in [7, 11) is 2.05. The van der Waals surface area contributed by atoms with Crippen molar-refractivity contribution < 1.29 is 9.18 Å². The minimum absolute atomic E-state index is 0.0531. The van der Waals surface area contributed by atoms with Crippen LogP contribution in [0.25, 0.3) is 0 Å². The smallest absolute Gasteiger partial charge is 0.257 e. The highest BCUT2D eigenvalue weighted by molar-refractivity contribution is 5.99. The molecule has 0 spiro atoms. The fourth-order valence-corrected chi connectivity index (χ4v) is 2.98. The van der Waals surface area contributed by atoms with Gasteiger partial charge in [0.15, 0.2) is 0 Å².